The molecule has 1 aliphatic rings. The lowest BCUT2D eigenvalue weighted by Crippen LogP contribution is -2.32. The third-order valence-electron chi connectivity index (χ3n) is 6.79. The fourth-order valence-corrected chi connectivity index (χ4v) is 4.92. The van der Waals surface area contributed by atoms with Crippen LogP contribution < -0.4 is 10.2 Å². The number of likely N-dealkylation sites (N-methyl/N-ethyl adjacent to an activating group) is 1. The Labute approximate surface area is 212 Å². The zero-order valence-corrected chi connectivity index (χ0v) is 21.0. The molecule has 1 aromatic heterocycles. The van der Waals surface area contributed by atoms with Gasteiger partial charge in [0, 0.05) is 48.9 Å². The number of carbonyl (C=O) groups excluding carboxylic acids is 1. The minimum atomic E-state index is -0.549. The minimum Gasteiger partial charge on any atom is -0.492 e. The van der Waals surface area contributed by atoms with Crippen molar-refractivity contribution in [3.8, 4) is 5.75 Å². The van der Waals surface area contributed by atoms with E-state index in [-0.39, 0.29) is 12.6 Å². The number of benzene rings is 2. The number of nitrogens with zero attached hydrogens (tertiary/aromatic N) is 2. The lowest BCUT2D eigenvalue weighted by Gasteiger charge is -2.29. The normalized spacial score (nSPS) is 15.3. The summed E-state index contributed by atoms with van der Waals surface area (Å²) in [5.41, 5.74) is 7.42. The molecule has 8 heteroatoms. The number of aliphatic hydroxyl groups is 1. The topological polar surface area (TPSA) is 101 Å². The van der Waals surface area contributed by atoms with Crippen molar-refractivity contribution < 1.29 is 19.8 Å². The number of aromatic nitrogens is 1. The van der Waals surface area contributed by atoms with Crippen LogP contribution in [0.25, 0.3) is 17.0 Å². The predicted octanol–water partition coefficient (Wildman–Crippen LogP) is 3.15. The molecule has 4 N–H and O–H groups in total. The molecule has 8 nitrogen and oxygen atoms in total. The number of carbonyl (C=O) groups is 1. The molecule has 1 atom stereocenters. The van der Waals surface area contributed by atoms with Gasteiger partial charge in [0.1, 0.15) is 12.4 Å². The van der Waals surface area contributed by atoms with Crippen LogP contribution in [0.5, 0.6) is 5.75 Å². The van der Waals surface area contributed by atoms with Crippen LogP contribution in [-0.2, 0) is 17.6 Å². The molecule has 0 radical (unpaired) electrons. The van der Waals surface area contributed by atoms with E-state index in [1.807, 2.05) is 26.2 Å². The third-order valence-corrected chi connectivity index (χ3v) is 6.79. The molecule has 1 aliphatic carbocycles. The Morgan fingerprint density at radius 3 is 2.83 bits per heavy atom. The Bertz CT molecular complexity index is 1200. The van der Waals surface area contributed by atoms with Gasteiger partial charge in [-0.25, -0.2) is 5.48 Å². The Kier molecular flexibility index (Phi) is 8.77. The van der Waals surface area contributed by atoms with Gasteiger partial charge in [-0.1, -0.05) is 18.2 Å². The highest BCUT2D eigenvalue weighted by molar-refractivity contribution is 5.90. The Balaban J connectivity index is 1.45. The molecule has 4 rings (SSSR count). The molecule has 1 unspecified atom stereocenters. The number of amides is 1. The third kappa shape index (κ3) is 6.33. The van der Waals surface area contributed by atoms with Gasteiger partial charge in [-0.05, 0) is 79.9 Å². The van der Waals surface area contributed by atoms with Crippen LogP contribution in [0.2, 0.25) is 0 Å². The van der Waals surface area contributed by atoms with Crippen molar-refractivity contribution >= 4 is 22.9 Å². The number of hydrogen-bond donors (Lipinski definition) is 4. The fourth-order valence-electron chi connectivity index (χ4n) is 4.92. The van der Waals surface area contributed by atoms with Gasteiger partial charge in [0.2, 0.25) is 0 Å². The first kappa shape index (κ1) is 25.9. The fraction of sp³-hybridized carbons (Fsp3) is 0.393. The maximum atomic E-state index is 11.3. The van der Waals surface area contributed by atoms with Gasteiger partial charge in [-0.3, -0.25) is 14.9 Å². The van der Waals surface area contributed by atoms with Crippen LogP contribution in [0, 0.1) is 0 Å². The number of aliphatic hydroxyl groups excluding tert-OH is 1. The van der Waals surface area contributed by atoms with Gasteiger partial charge in [-0.15, -0.1) is 0 Å². The van der Waals surface area contributed by atoms with Gasteiger partial charge in [-0.2, -0.15) is 0 Å². The number of fused-ring (bicyclic) bond motifs is 2. The standard InChI is InChI=1S/C28H36N4O4/c1-31(2)14-16-36-23-6-8-26-25(18-23)22(19-29-26)11-12-32(13-15-33)27-9-5-21-17-20(3-7-24(21)27)4-10-28(34)30-35/h3-4,6-8,10,17-19,27,29,33,35H,5,9,11-16H2,1-2H3,(H,30,34)/b10-4+. The quantitative estimate of drug-likeness (QED) is 0.176. The van der Waals surface area contributed by atoms with E-state index < -0.39 is 5.91 Å². The van der Waals surface area contributed by atoms with Gasteiger partial charge in [0.15, 0.2) is 0 Å². The first-order valence-corrected chi connectivity index (χ1v) is 12.5. The first-order chi connectivity index (χ1) is 17.5. The molecule has 1 heterocycles. The van der Waals surface area contributed by atoms with Crippen molar-refractivity contribution in [3.05, 3.63) is 70.9 Å². The molecule has 0 saturated heterocycles. The van der Waals surface area contributed by atoms with Crippen molar-refractivity contribution in [1.82, 2.24) is 20.3 Å². The summed E-state index contributed by atoms with van der Waals surface area (Å²) in [6.07, 6.45) is 7.90. The van der Waals surface area contributed by atoms with Crippen LogP contribution in [0.15, 0.2) is 48.7 Å². The molecule has 192 valence electrons. The maximum absolute atomic E-state index is 11.3. The van der Waals surface area contributed by atoms with Crippen LogP contribution in [0.1, 0.15) is 34.7 Å². The average Bonchev–Trinajstić information content (AvgIpc) is 3.48. The van der Waals surface area contributed by atoms with E-state index in [1.54, 1.807) is 11.6 Å². The second-order valence-corrected chi connectivity index (χ2v) is 9.50. The summed E-state index contributed by atoms with van der Waals surface area (Å²) in [5.74, 6) is 0.329. The molecule has 0 bridgehead atoms. The van der Waals surface area contributed by atoms with Gasteiger partial charge in [0.25, 0.3) is 5.91 Å². The summed E-state index contributed by atoms with van der Waals surface area (Å²) >= 11 is 0. The largest absolute Gasteiger partial charge is 0.492 e. The van der Waals surface area contributed by atoms with Crippen LogP contribution in [0.4, 0.5) is 0 Å². The van der Waals surface area contributed by atoms with E-state index >= 15 is 0 Å². The Morgan fingerprint density at radius 1 is 1.19 bits per heavy atom. The Hall–Kier alpha value is -3.17. The zero-order chi connectivity index (χ0) is 25.5. The van der Waals surface area contributed by atoms with E-state index in [0.717, 1.165) is 49.2 Å². The molecule has 3 aromatic rings. The van der Waals surface area contributed by atoms with Crippen molar-refractivity contribution in [2.45, 2.75) is 25.3 Å². The van der Waals surface area contributed by atoms with Crippen molar-refractivity contribution in [3.63, 3.8) is 0 Å². The number of hydroxylamine groups is 1. The molecule has 36 heavy (non-hydrogen) atoms. The highest BCUT2D eigenvalue weighted by Crippen LogP contribution is 2.36. The number of hydrogen-bond acceptors (Lipinski definition) is 6. The molecule has 1 amide bonds. The van der Waals surface area contributed by atoms with E-state index in [9.17, 15) is 9.90 Å². The van der Waals surface area contributed by atoms with Crippen LogP contribution in [0.3, 0.4) is 0 Å². The molecule has 2 aromatic carbocycles. The first-order valence-electron chi connectivity index (χ1n) is 12.5. The highest BCUT2D eigenvalue weighted by Gasteiger charge is 2.27. The van der Waals surface area contributed by atoms with Gasteiger partial charge in [0.05, 0.1) is 6.61 Å². The minimum absolute atomic E-state index is 0.112. The summed E-state index contributed by atoms with van der Waals surface area (Å²) in [6, 6.07) is 12.7. The lowest BCUT2D eigenvalue weighted by molar-refractivity contribution is -0.124. The summed E-state index contributed by atoms with van der Waals surface area (Å²) in [6.45, 7) is 3.08. The summed E-state index contributed by atoms with van der Waals surface area (Å²) in [4.78, 5) is 19.1. The lowest BCUT2D eigenvalue weighted by atomic mass is 10.0. The average molecular weight is 493 g/mol. The molecule has 0 saturated carbocycles. The van der Waals surface area contributed by atoms with Crippen LogP contribution in [-0.4, -0.2) is 77.9 Å². The Morgan fingerprint density at radius 2 is 2.06 bits per heavy atom. The molecular formula is C28H36N4O4. The van der Waals surface area contributed by atoms with Gasteiger partial charge < -0.3 is 19.7 Å². The van der Waals surface area contributed by atoms with Crippen molar-refractivity contribution in [2.75, 3.05) is 46.9 Å². The SMILES string of the molecule is CN(C)CCOc1ccc2[nH]cc(CCN(CCO)C3CCc4cc(/C=C/C(=O)NO)ccc43)c2c1. The second-order valence-electron chi connectivity index (χ2n) is 9.50. The van der Waals surface area contributed by atoms with E-state index in [0.29, 0.717) is 13.2 Å². The maximum Gasteiger partial charge on any atom is 0.267 e. The molecule has 0 spiro atoms. The molecule has 0 fully saturated rings. The summed E-state index contributed by atoms with van der Waals surface area (Å²) in [5, 5.41) is 19.6. The van der Waals surface area contributed by atoms with Crippen molar-refractivity contribution in [2.24, 2.45) is 0 Å². The summed E-state index contributed by atoms with van der Waals surface area (Å²) in [7, 11) is 4.07. The number of rotatable bonds is 12. The molecular weight excluding hydrogens is 456 g/mol. The molecule has 0 aliphatic heterocycles. The van der Waals surface area contributed by atoms with E-state index in [4.69, 9.17) is 9.94 Å². The zero-order valence-electron chi connectivity index (χ0n) is 21.0. The summed E-state index contributed by atoms with van der Waals surface area (Å²) < 4.78 is 5.94. The van der Waals surface area contributed by atoms with E-state index in [2.05, 4.69) is 45.2 Å². The monoisotopic (exact) mass is 492 g/mol. The number of aromatic amines is 1. The number of aryl methyl sites for hydroxylation is 1. The smallest absolute Gasteiger partial charge is 0.267 e. The van der Waals surface area contributed by atoms with Gasteiger partial charge >= 0.3 is 0 Å². The number of H-pyrrole nitrogens is 1. The number of nitrogens with one attached hydrogen (secondary N) is 2. The second kappa shape index (κ2) is 12.2. The number of ether oxygens (including phenoxy) is 1. The highest BCUT2D eigenvalue weighted by atomic mass is 16.5. The van der Waals surface area contributed by atoms with Crippen LogP contribution >= 0.6 is 0 Å². The van der Waals surface area contributed by atoms with E-state index in [1.165, 1.54) is 28.2 Å². The predicted molar refractivity (Wildman–Crippen MR) is 141 cm³/mol. The van der Waals surface area contributed by atoms with Crippen molar-refractivity contribution in [1.29, 1.82) is 0 Å².